The average molecular weight is 244 g/mol. The molecule has 1 aliphatic carbocycles. The smallest absolute Gasteiger partial charge is 0.229 e. The van der Waals surface area contributed by atoms with Gasteiger partial charge in [-0.2, -0.15) is 5.10 Å². The molecular weight excluding hydrogens is 228 g/mol. The van der Waals surface area contributed by atoms with E-state index in [0.717, 1.165) is 35.9 Å². The number of aromatic amines is 1. The molecule has 5 heteroatoms. The maximum atomic E-state index is 12.1. The predicted molar refractivity (Wildman–Crippen MR) is 70.0 cm³/mol. The van der Waals surface area contributed by atoms with Crippen molar-refractivity contribution in [2.75, 3.05) is 5.32 Å². The summed E-state index contributed by atoms with van der Waals surface area (Å²) in [6, 6.07) is 5.70. The molecule has 18 heavy (non-hydrogen) atoms. The summed E-state index contributed by atoms with van der Waals surface area (Å²) in [6.45, 7) is 0. The molecule has 1 amide bonds. The number of nitrogens with zero attached hydrogens (tertiary/aromatic N) is 1. The number of carbonyl (C=O) groups is 1. The Kier molecular flexibility index (Phi) is 2.76. The Morgan fingerprint density at radius 2 is 2.33 bits per heavy atom. The third-order valence-electron chi connectivity index (χ3n) is 3.61. The number of hydrogen-bond donors (Lipinski definition) is 3. The molecule has 1 aromatic heterocycles. The third-order valence-corrected chi connectivity index (χ3v) is 3.61. The van der Waals surface area contributed by atoms with Crippen LogP contribution in [0.1, 0.15) is 19.3 Å². The van der Waals surface area contributed by atoms with Crippen molar-refractivity contribution in [2.24, 2.45) is 11.7 Å². The van der Waals surface area contributed by atoms with Crippen LogP contribution in [0.25, 0.3) is 10.9 Å². The maximum absolute atomic E-state index is 12.1. The molecule has 2 atom stereocenters. The molecule has 0 aliphatic heterocycles. The zero-order valence-corrected chi connectivity index (χ0v) is 10.0. The maximum Gasteiger partial charge on any atom is 0.229 e. The van der Waals surface area contributed by atoms with E-state index < -0.39 is 0 Å². The van der Waals surface area contributed by atoms with Gasteiger partial charge in [-0.3, -0.25) is 9.89 Å². The zero-order chi connectivity index (χ0) is 12.5. The van der Waals surface area contributed by atoms with E-state index in [0.29, 0.717) is 0 Å². The fourth-order valence-corrected chi connectivity index (χ4v) is 2.57. The highest BCUT2D eigenvalue weighted by atomic mass is 16.1. The number of fused-ring (bicyclic) bond motifs is 1. The summed E-state index contributed by atoms with van der Waals surface area (Å²) in [4.78, 5) is 12.1. The summed E-state index contributed by atoms with van der Waals surface area (Å²) in [5, 5.41) is 10.8. The van der Waals surface area contributed by atoms with Crippen molar-refractivity contribution in [3.05, 3.63) is 24.4 Å². The Bertz CT molecular complexity index is 577. The molecule has 3 rings (SSSR count). The van der Waals surface area contributed by atoms with Crippen LogP contribution in [0.15, 0.2) is 24.4 Å². The number of carbonyl (C=O) groups excluding carboxylic acids is 1. The van der Waals surface area contributed by atoms with Gasteiger partial charge in [0.05, 0.1) is 17.6 Å². The van der Waals surface area contributed by atoms with Crippen molar-refractivity contribution >= 4 is 22.5 Å². The Morgan fingerprint density at radius 1 is 1.44 bits per heavy atom. The minimum absolute atomic E-state index is 0.00246. The van der Waals surface area contributed by atoms with E-state index in [-0.39, 0.29) is 17.9 Å². The Morgan fingerprint density at radius 3 is 3.11 bits per heavy atom. The molecule has 0 spiro atoms. The Balaban J connectivity index is 1.77. The quantitative estimate of drug-likeness (QED) is 0.750. The first-order chi connectivity index (χ1) is 8.74. The fourth-order valence-electron chi connectivity index (χ4n) is 2.57. The van der Waals surface area contributed by atoms with Gasteiger partial charge in [-0.1, -0.05) is 6.42 Å². The highest BCUT2D eigenvalue weighted by molar-refractivity contribution is 5.95. The first-order valence-corrected chi connectivity index (χ1v) is 6.23. The number of rotatable bonds is 2. The minimum Gasteiger partial charge on any atom is -0.327 e. The molecule has 1 aromatic carbocycles. The summed E-state index contributed by atoms with van der Waals surface area (Å²) in [5.41, 5.74) is 7.69. The van der Waals surface area contributed by atoms with Crippen molar-refractivity contribution in [3.8, 4) is 0 Å². The molecule has 1 fully saturated rings. The summed E-state index contributed by atoms with van der Waals surface area (Å²) in [6.07, 6.45) is 4.62. The number of aromatic nitrogens is 2. The number of hydrogen-bond acceptors (Lipinski definition) is 3. The number of nitrogens with two attached hydrogens (primary N) is 1. The normalized spacial score (nSPS) is 23.4. The molecule has 94 valence electrons. The summed E-state index contributed by atoms with van der Waals surface area (Å²) >= 11 is 0. The Hall–Kier alpha value is -1.88. The van der Waals surface area contributed by atoms with Crippen LogP contribution in [0.3, 0.4) is 0 Å². The van der Waals surface area contributed by atoms with Crippen LogP contribution in [0.2, 0.25) is 0 Å². The largest absolute Gasteiger partial charge is 0.327 e. The zero-order valence-electron chi connectivity index (χ0n) is 10.0. The Labute approximate surface area is 105 Å². The van der Waals surface area contributed by atoms with E-state index in [4.69, 9.17) is 5.73 Å². The second kappa shape index (κ2) is 4.42. The molecule has 1 saturated carbocycles. The van der Waals surface area contributed by atoms with Gasteiger partial charge in [-0.15, -0.1) is 0 Å². The molecule has 2 aromatic rings. The van der Waals surface area contributed by atoms with E-state index in [1.807, 2.05) is 18.2 Å². The number of amides is 1. The van der Waals surface area contributed by atoms with Crippen LogP contribution in [-0.2, 0) is 4.79 Å². The lowest BCUT2D eigenvalue weighted by Gasteiger charge is -2.15. The van der Waals surface area contributed by atoms with E-state index in [1.54, 1.807) is 6.20 Å². The van der Waals surface area contributed by atoms with Gasteiger partial charge in [0.15, 0.2) is 0 Å². The lowest BCUT2D eigenvalue weighted by Crippen LogP contribution is -2.34. The van der Waals surface area contributed by atoms with Gasteiger partial charge in [0, 0.05) is 17.1 Å². The monoisotopic (exact) mass is 244 g/mol. The van der Waals surface area contributed by atoms with Crippen molar-refractivity contribution < 1.29 is 4.79 Å². The van der Waals surface area contributed by atoms with Gasteiger partial charge < -0.3 is 11.1 Å². The van der Waals surface area contributed by atoms with E-state index in [1.165, 1.54) is 0 Å². The molecule has 0 saturated heterocycles. The molecular formula is C13H16N4O. The predicted octanol–water partition coefficient (Wildman–Crippen LogP) is 1.63. The van der Waals surface area contributed by atoms with Crippen molar-refractivity contribution in [1.29, 1.82) is 0 Å². The van der Waals surface area contributed by atoms with E-state index in [9.17, 15) is 4.79 Å². The van der Waals surface area contributed by atoms with Crippen LogP contribution < -0.4 is 11.1 Å². The number of nitrogens with one attached hydrogen (secondary N) is 2. The lowest BCUT2D eigenvalue weighted by molar-refractivity contribution is -0.120. The van der Waals surface area contributed by atoms with E-state index in [2.05, 4.69) is 15.5 Å². The van der Waals surface area contributed by atoms with Crippen LogP contribution in [0.4, 0.5) is 5.69 Å². The first-order valence-electron chi connectivity index (χ1n) is 6.23. The molecule has 1 aliphatic rings. The second-order valence-corrected chi connectivity index (χ2v) is 4.86. The minimum atomic E-state index is -0.0509. The lowest BCUT2D eigenvalue weighted by atomic mass is 10.0. The van der Waals surface area contributed by atoms with Crippen LogP contribution in [0.5, 0.6) is 0 Å². The number of anilines is 1. The van der Waals surface area contributed by atoms with Gasteiger partial charge in [-0.25, -0.2) is 0 Å². The third kappa shape index (κ3) is 1.97. The van der Waals surface area contributed by atoms with Gasteiger partial charge in [0.25, 0.3) is 0 Å². The van der Waals surface area contributed by atoms with E-state index >= 15 is 0 Å². The van der Waals surface area contributed by atoms with Gasteiger partial charge in [-0.05, 0) is 31.0 Å². The topological polar surface area (TPSA) is 83.8 Å². The van der Waals surface area contributed by atoms with Crippen LogP contribution >= 0.6 is 0 Å². The fraction of sp³-hybridized carbons (Fsp3) is 0.385. The molecule has 1 heterocycles. The van der Waals surface area contributed by atoms with Gasteiger partial charge in [0.2, 0.25) is 5.91 Å². The van der Waals surface area contributed by atoms with Crippen molar-refractivity contribution in [3.63, 3.8) is 0 Å². The second-order valence-electron chi connectivity index (χ2n) is 4.86. The van der Waals surface area contributed by atoms with Crippen LogP contribution in [0, 0.1) is 5.92 Å². The highest BCUT2D eigenvalue weighted by Crippen LogP contribution is 2.26. The van der Waals surface area contributed by atoms with Crippen molar-refractivity contribution in [1.82, 2.24) is 10.2 Å². The summed E-state index contributed by atoms with van der Waals surface area (Å²) < 4.78 is 0. The SMILES string of the molecule is N[C@@H]1CCC[C@H]1C(=O)Nc1ccc2[nH]ncc2c1. The number of H-pyrrole nitrogens is 1. The standard InChI is InChI=1S/C13H16N4O/c14-11-3-1-2-10(11)13(18)16-9-4-5-12-8(6-9)7-15-17-12/h4-7,10-11H,1-3,14H2,(H,15,17)(H,16,18)/t10-,11-/m1/s1. The molecule has 5 nitrogen and oxygen atoms in total. The summed E-state index contributed by atoms with van der Waals surface area (Å²) in [7, 11) is 0. The highest BCUT2D eigenvalue weighted by Gasteiger charge is 2.30. The number of benzene rings is 1. The first kappa shape index (κ1) is 11.2. The average Bonchev–Trinajstić information content (AvgIpc) is 2.96. The molecule has 0 unspecified atom stereocenters. The van der Waals surface area contributed by atoms with Gasteiger partial charge in [0.1, 0.15) is 0 Å². The van der Waals surface area contributed by atoms with Crippen molar-refractivity contribution in [2.45, 2.75) is 25.3 Å². The van der Waals surface area contributed by atoms with Crippen LogP contribution in [-0.4, -0.2) is 22.1 Å². The van der Waals surface area contributed by atoms with Gasteiger partial charge >= 0.3 is 0 Å². The molecule has 4 N–H and O–H groups in total. The molecule has 0 bridgehead atoms. The molecule has 0 radical (unpaired) electrons. The summed E-state index contributed by atoms with van der Waals surface area (Å²) in [5.74, 6) is -0.0205.